The van der Waals surface area contributed by atoms with E-state index < -0.39 is 17.8 Å². The topological polar surface area (TPSA) is 91.9 Å². The van der Waals surface area contributed by atoms with Crippen molar-refractivity contribution in [3.8, 4) is 11.5 Å². The third kappa shape index (κ3) is 6.14. The van der Waals surface area contributed by atoms with Crippen LogP contribution in [0.1, 0.15) is 18.9 Å². The summed E-state index contributed by atoms with van der Waals surface area (Å²) >= 11 is 0. The molecular weight excluding hydrogens is 428 g/mol. The minimum atomic E-state index is -0.765. The van der Waals surface area contributed by atoms with Gasteiger partial charge in [-0.05, 0) is 31.0 Å². The molecule has 0 N–H and O–H groups in total. The number of imide groups is 1. The van der Waals surface area contributed by atoms with E-state index in [9.17, 15) is 14.4 Å². The molecule has 33 heavy (non-hydrogen) atoms. The number of morpholine rings is 1. The van der Waals surface area contributed by atoms with Gasteiger partial charge in [-0.2, -0.15) is 0 Å². The minimum absolute atomic E-state index is 0.198. The van der Waals surface area contributed by atoms with Crippen molar-refractivity contribution in [2.75, 3.05) is 73.2 Å². The number of hydrogen-bond acceptors (Lipinski definition) is 7. The van der Waals surface area contributed by atoms with Gasteiger partial charge in [0.15, 0.2) is 11.5 Å². The quantitative estimate of drug-likeness (QED) is 0.507. The molecule has 2 saturated heterocycles. The van der Waals surface area contributed by atoms with Crippen molar-refractivity contribution < 1.29 is 28.6 Å². The molecule has 2 fully saturated rings. The number of carbonyl (C=O) groups excluding carboxylic acids is 3. The van der Waals surface area contributed by atoms with E-state index in [0.29, 0.717) is 44.3 Å². The number of urea groups is 1. The molecule has 1 aromatic rings. The van der Waals surface area contributed by atoms with Crippen molar-refractivity contribution in [2.45, 2.75) is 19.9 Å². The minimum Gasteiger partial charge on any atom is -0.493 e. The summed E-state index contributed by atoms with van der Waals surface area (Å²) in [5, 5.41) is 0. The molecule has 2 aliphatic heterocycles. The van der Waals surface area contributed by atoms with E-state index in [2.05, 4.69) is 4.90 Å². The number of piperazine rings is 1. The van der Waals surface area contributed by atoms with Crippen LogP contribution in [-0.2, 0) is 20.9 Å². The normalized spacial score (nSPS) is 17.3. The SMILES string of the molecule is CCN1CCN(C(=O)N(CCCN2CCOCC2)Cc2ccc(OC)c(OC)c2)C(=O)C1=O. The standard InChI is InChI=1S/C23H34N4O6/c1-4-25-10-11-27(22(29)21(25)28)23(30)26(9-5-8-24-12-14-33-15-13-24)17-18-6-7-19(31-2)20(16-18)32-3/h6-7,16H,4-5,8-15,17H2,1-3H3. The molecule has 3 rings (SSSR count). The van der Waals surface area contributed by atoms with Gasteiger partial charge in [0, 0.05) is 52.4 Å². The molecule has 0 radical (unpaired) electrons. The van der Waals surface area contributed by atoms with E-state index in [1.54, 1.807) is 25.2 Å². The van der Waals surface area contributed by atoms with Crippen LogP contribution < -0.4 is 9.47 Å². The van der Waals surface area contributed by atoms with Gasteiger partial charge in [0.1, 0.15) is 0 Å². The summed E-state index contributed by atoms with van der Waals surface area (Å²) < 4.78 is 16.1. The zero-order chi connectivity index (χ0) is 23.8. The highest BCUT2D eigenvalue weighted by Crippen LogP contribution is 2.28. The summed E-state index contributed by atoms with van der Waals surface area (Å²) in [6.07, 6.45) is 0.746. The molecule has 2 heterocycles. The largest absolute Gasteiger partial charge is 0.493 e. The predicted molar refractivity (Wildman–Crippen MR) is 121 cm³/mol. The molecule has 0 bridgehead atoms. The highest BCUT2D eigenvalue weighted by molar-refractivity contribution is 6.38. The lowest BCUT2D eigenvalue weighted by Gasteiger charge is -2.35. The Balaban J connectivity index is 1.73. The zero-order valence-corrected chi connectivity index (χ0v) is 19.7. The Hall–Kier alpha value is -2.85. The molecule has 0 spiro atoms. The maximum Gasteiger partial charge on any atom is 0.327 e. The zero-order valence-electron chi connectivity index (χ0n) is 19.7. The van der Waals surface area contributed by atoms with Crippen LogP contribution in [0.3, 0.4) is 0 Å². The summed E-state index contributed by atoms with van der Waals surface area (Å²) in [6.45, 7) is 7.56. The molecular formula is C23H34N4O6. The fourth-order valence-corrected chi connectivity index (χ4v) is 4.08. The van der Waals surface area contributed by atoms with Crippen molar-refractivity contribution >= 4 is 17.8 Å². The smallest absolute Gasteiger partial charge is 0.327 e. The Labute approximate surface area is 194 Å². The number of amides is 4. The van der Waals surface area contributed by atoms with Crippen LogP contribution in [0.4, 0.5) is 4.79 Å². The number of carbonyl (C=O) groups is 3. The van der Waals surface area contributed by atoms with Gasteiger partial charge in [-0.3, -0.25) is 19.4 Å². The average Bonchev–Trinajstić information content (AvgIpc) is 2.85. The highest BCUT2D eigenvalue weighted by atomic mass is 16.5. The Bertz CT molecular complexity index is 842. The van der Waals surface area contributed by atoms with Crippen molar-refractivity contribution in [1.29, 1.82) is 0 Å². The maximum atomic E-state index is 13.4. The van der Waals surface area contributed by atoms with Crippen molar-refractivity contribution in [3.63, 3.8) is 0 Å². The second-order valence-electron chi connectivity index (χ2n) is 8.04. The van der Waals surface area contributed by atoms with Crippen LogP contribution in [0.15, 0.2) is 18.2 Å². The third-order valence-electron chi connectivity index (χ3n) is 6.02. The summed E-state index contributed by atoms with van der Waals surface area (Å²) in [7, 11) is 3.13. The maximum absolute atomic E-state index is 13.4. The molecule has 0 aromatic heterocycles. The van der Waals surface area contributed by atoms with Gasteiger partial charge < -0.3 is 24.0 Å². The van der Waals surface area contributed by atoms with Crippen molar-refractivity contribution in [1.82, 2.24) is 19.6 Å². The molecule has 0 saturated carbocycles. The molecule has 0 unspecified atom stereocenters. The van der Waals surface area contributed by atoms with Gasteiger partial charge in [-0.1, -0.05) is 6.07 Å². The fourth-order valence-electron chi connectivity index (χ4n) is 4.08. The van der Waals surface area contributed by atoms with Crippen molar-refractivity contribution in [2.24, 2.45) is 0 Å². The third-order valence-corrected chi connectivity index (χ3v) is 6.02. The molecule has 10 heteroatoms. The predicted octanol–water partition coefficient (Wildman–Crippen LogP) is 1.04. The number of hydrogen-bond donors (Lipinski definition) is 0. The van der Waals surface area contributed by atoms with Crippen LogP contribution in [0.25, 0.3) is 0 Å². The Kier molecular flexibility index (Phi) is 8.90. The second-order valence-corrected chi connectivity index (χ2v) is 8.04. The second kappa shape index (κ2) is 11.9. The summed E-state index contributed by atoms with van der Waals surface area (Å²) in [5.74, 6) is -0.225. The first-order valence-corrected chi connectivity index (χ1v) is 11.4. The first kappa shape index (κ1) is 24.8. The average molecular weight is 463 g/mol. The van der Waals surface area contributed by atoms with Crippen LogP contribution in [0.2, 0.25) is 0 Å². The van der Waals surface area contributed by atoms with Gasteiger partial charge >= 0.3 is 17.8 Å². The molecule has 0 aliphatic carbocycles. The van der Waals surface area contributed by atoms with Gasteiger partial charge in [0.05, 0.1) is 27.4 Å². The Morgan fingerprint density at radius 1 is 1.03 bits per heavy atom. The number of methoxy groups -OCH3 is 2. The van der Waals surface area contributed by atoms with Gasteiger partial charge in [-0.15, -0.1) is 0 Å². The number of rotatable bonds is 9. The van der Waals surface area contributed by atoms with Gasteiger partial charge in [0.25, 0.3) is 0 Å². The fraction of sp³-hybridized carbons (Fsp3) is 0.609. The number of likely N-dealkylation sites (N-methyl/N-ethyl adjacent to an activating group) is 1. The van der Waals surface area contributed by atoms with E-state index in [1.807, 2.05) is 19.1 Å². The first-order valence-electron chi connectivity index (χ1n) is 11.4. The molecule has 1 aromatic carbocycles. The summed E-state index contributed by atoms with van der Waals surface area (Å²) in [5.41, 5.74) is 0.846. The summed E-state index contributed by atoms with van der Waals surface area (Å²) in [4.78, 5) is 44.8. The lowest BCUT2D eigenvalue weighted by molar-refractivity contribution is -0.153. The van der Waals surface area contributed by atoms with E-state index in [4.69, 9.17) is 14.2 Å². The monoisotopic (exact) mass is 462 g/mol. The highest BCUT2D eigenvalue weighted by Gasteiger charge is 2.37. The van der Waals surface area contributed by atoms with E-state index >= 15 is 0 Å². The first-order chi connectivity index (χ1) is 16.0. The van der Waals surface area contributed by atoms with E-state index in [-0.39, 0.29) is 13.1 Å². The lowest BCUT2D eigenvalue weighted by atomic mass is 10.1. The van der Waals surface area contributed by atoms with Gasteiger partial charge in [0.2, 0.25) is 0 Å². The number of ether oxygens (including phenoxy) is 3. The van der Waals surface area contributed by atoms with Crippen molar-refractivity contribution in [3.05, 3.63) is 23.8 Å². The van der Waals surface area contributed by atoms with Crippen LogP contribution in [0, 0.1) is 0 Å². The van der Waals surface area contributed by atoms with Gasteiger partial charge in [-0.25, -0.2) is 4.79 Å². The molecule has 182 valence electrons. The van der Waals surface area contributed by atoms with E-state index in [1.165, 1.54) is 4.90 Å². The Morgan fingerprint density at radius 3 is 2.42 bits per heavy atom. The molecule has 10 nitrogen and oxygen atoms in total. The number of benzene rings is 1. The lowest BCUT2D eigenvalue weighted by Crippen LogP contribution is -2.58. The van der Waals surface area contributed by atoms with E-state index in [0.717, 1.165) is 36.5 Å². The molecule has 2 aliphatic rings. The van der Waals surface area contributed by atoms with Crippen LogP contribution >= 0.6 is 0 Å². The Morgan fingerprint density at radius 2 is 1.76 bits per heavy atom. The van der Waals surface area contributed by atoms with Crippen LogP contribution in [0.5, 0.6) is 11.5 Å². The van der Waals surface area contributed by atoms with Crippen LogP contribution in [-0.4, -0.2) is 111 Å². The number of nitrogens with zero attached hydrogens (tertiary/aromatic N) is 4. The molecule has 0 atom stereocenters. The molecule has 4 amide bonds. The summed E-state index contributed by atoms with van der Waals surface area (Å²) in [6, 6.07) is 5.04.